The second kappa shape index (κ2) is 8.65. The lowest BCUT2D eigenvalue weighted by Crippen LogP contribution is -2.36. The summed E-state index contributed by atoms with van der Waals surface area (Å²) in [5, 5.41) is 2.49. The number of carbonyl (C=O) groups excluding carboxylic acids is 2. The quantitative estimate of drug-likeness (QED) is 0.481. The monoisotopic (exact) mass is 292 g/mol. The Labute approximate surface area is 128 Å². The van der Waals surface area contributed by atoms with E-state index >= 15 is 0 Å². The number of carbonyl (C=O) groups is 2. The van der Waals surface area contributed by atoms with Crippen LogP contribution in [0.4, 0.5) is 0 Å². The number of likely N-dealkylation sites (tertiary alicyclic amines) is 1. The van der Waals surface area contributed by atoms with E-state index in [1.54, 1.807) is 0 Å². The van der Waals surface area contributed by atoms with E-state index in [0.29, 0.717) is 23.8 Å². The molecular weight excluding hydrogens is 264 g/mol. The SMILES string of the molecule is CC(C)=C/C(=C\NC=O)C(=O)N1CCCCC(C(C)C)C1. The molecule has 1 aliphatic heterocycles. The maximum atomic E-state index is 12.7. The van der Waals surface area contributed by atoms with E-state index in [4.69, 9.17) is 0 Å². The third-order valence-corrected chi connectivity index (χ3v) is 3.94. The molecule has 1 rings (SSSR count). The van der Waals surface area contributed by atoms with Crippen molar-refractivity contribution in [2.75, 3.05) is 13.1 Å². The van der Waals surface area contributed by atoms with E-state index in [1.807, 2.05) is 24.8 Å². The molecule has 1 saturated heterocycles. The third-order valence-electron chi connectivity index (χ3n) is 3.94. The van der Waals surface area contributed by atoms with Gasteiger partial charge < -0.3 is 10.2 Å². The molecule has 0 saturated carbocycles. The van der Waals surface area contributed by atoms with E-state index in [2.05, 4.69) is 19.2 Å². The van der Waals surface area contributed by atoms with Gasteiger partial charge in [-0.1, -0.05) is 25.8 Å². The van der Waals surface area contributed by atoms with Crippen molar-refractivity contribution < 1.29 is 9.59 Å². The summed E-state index contributed by atoms with van der Waals surface area (Å²) in [5.74, 6) is 1.16. The molecule has 0 aliphatic carbocycles. The zero-order chi connectivity index (χ0) is 15.8. The molecule has 21 heavy (non-hydrogen) atoms. The van der Waals surface area contributed by atoms with Crippen molar-refractivity contribution in [2.45, 2.75) is 47.0 Å². The van der Waals surface area contributed by atoms with E-state index in [9.17, 15) is 9.59 Å². The largest absolute Gasteiger partial charge is 0.338 e. The van der Waals surface area contributed by atoms with Gasteiger partial charge in [-0.3, -0.25) is 9.59 Å². The van der Waals surface area contributed by atoms with Crippen LogP contribution in [-0.4, -0.2) is 30.3 Å². The minimum atomic E-state index is 0.0121. The van der Waals surface area contributed by atoms with Crippen molar-refractivity contribution in [3.8, 4) is 0 Å². The van der Waals surface area contributed by atoms with Crippen LogP contribution in [0.2, 0.25) is 0 Å². The third kappa shape index (κ3) is 5.74. The first kappa shape index (κ1) is 17.5. The van der Waals surface area contributed by atoms with Gasteiger partial charge in [0.25, 0.3) is 5.91 Å². The van der Waals surface area contributed by atoms with Gasteiger partial charge in [0.1, 0.15) is 0 Å². The first-order chi connectivity index (χ1) is 9.95. The normalized spacial score (nSPS) is 20.0. The summed E-state index contributed by atoms with van der Waals surface area (Å²) < 4.78 is 0. The van der Waals surface area contributed by atoms with Crippen LogP contribution < -0.4 is 5.32 Å². The first-order valence-electron chi connectivity index (χ1n) is 7.79. The summed E-state index contributed by atoms with van der Waals surface area (Å²) in [5.41, 5.74) is 1.59. The minimum Gasteiger partial charge on any atom is -0.338 e. The van der Waals surface area contributed by atoms with Gasteiger partial charge in [0.2, 0.25) is 6.41 Å². The van der Waals surface area contributed by atoms with Gasteiger partial charge in [-0.15, -0.1) is 0 Å². The Hall–Kier alpha value is -1.58. The predicted molar refractivity (Wildman–Crippen MR) is 85.5 cm³/mol. The summed E-state index contributed by atoms with van der Waals surface area (Å²) in [6, 6.07) is 0. The Morgan fingerprint density at radius 2 is 2.00 bits per heavy atom. The minimum absolute atomic E-state index is 0.0121. The number of rotatable bonds is 5. The fourth-order valence-corrected chi connectivity index (χ4v) is 2.69. The number of hydrogen-bond acceptors (Lipinski definition) is 2. The molecule has 118 valence electrons. The fourth-order valence-electron chi connectivity index (χ4n) is 2.69. The average molecular weight is 292 g/mol. The fraction of sp³-hybridized carbons (Fsp3) is 0.647. The van der Waals surface area contributed by atoms with Crippen molar-refractivity contribution in [1.29, 1.82) is 0 Å². The summed E-state index contributed by atoms with van der Waals surface area (Å²) in [4.78, 5) is 25.1. The molecule has 1 aliphatic rings. The van der Waals surface area contributed by atoms with Gasteiger partial charge in [0.05, 0.1) is 5.57 Å². The van der Waals surface area contributed by atoms with Gasteiger partial charge >= 0.3 is 0 Å². The number of allylic oxidation sites excluding steroid dienone is 1. The Morgan fingerprint density at radius 1 is 1.29 bits per heavy atom. The summed E-state index contributed by atoms with van der Waals surface area (Å²) in [6.45, 7) is 9.95. The Bertz CT molecular complexity index is 421. The average Bonchev–Trinajstić information content (AvgIpc) is 2.68. The first-order valence-corrected chi connectivity index (χ1v) is 7.79. The lowest BCUT2D eigenvalue weighted by molar-refractivity contribution is -0.127. The Kier molecular flexibility index (Phi) is 7.20. The van der Waals surface area contributed by atoms with Gasteiger partial charge in [-0.25, -0.2) is 0 Å². The molecule has 1 fully saturated rings. The van der Waals surface area contributed by atoms with Gasteiger partial charge in [0, 0.05) is 19.3 Å². The maximum absolute atomic E-state index is 12.7. The highest BCUT2D eigenvalue weighted by molar-refractivity contribution is 5.96. The highest BCUT2D eigenvalue weighted by Gasteiger charge is 2.25. The molecule has 4 nitrogen and oxygen atoms in total. The predicted octanol–water partition coefficient (Wildman–Crippen LogP) is 2.87. The van der Waals surface area contributed by atoms with Gasteiger partial charge in [-0.05, 0) is 44.6 Å². The zero-order valence-electron chi connectivity index (χ0n) is 13.7. The van der Waals surface area contributed by atoms with Crippen LogP contribution in [0.15, 0.2) is 23.4 Å². The highest BCUT2D eigenvalue weighted by Crippen LogP contribution is 2.24. The Morgan fingerprint density at radius 3 is 2.57 bits per heavy atom. The smallest absolute Gasteiger partial charge is 0.255 e. The molecule has 0 aromatic heterocycles. The van der Waals surface area contributed by atoms with E-state index in [1.165, 1.54) is 19.0 Å². The molecule has 1 unspecified atom stereocenters. The maximum Gasteiger partial charge on any atom is 0.255 e. The number of nitrogens with zero attached hydrogens (tertiary/aromatic N) is 1. The van der Waals surface area contributed by atoms with Crippen molar-refractivity contribution in [3.05, 3.63) is 23.4 Å². The van der Waals surface area contributed by atoms with E-state index < -0.39 is 0 Å². The van der Waals surface area contributed by atoms with Crippen LogP contribution in [-0.2, 0) is 9.59 Å². The topological polar surface area (TPSA) is 49.4 Å². The van der Waals surface area contributed by atoms with Crippen LogP contribution in [0.5, 0.6) is 0 Å². The lowest BCUT2D eigenvalue weighted by atomic mass is 9.91. The molecule has 1 atom stereocenters. The molecule has 1 heterocycles. The van der Waals surface area contributed by atoms with Crippen molar-refractivity contribution in [2.24, 2.45) is 11.8 Å². The Balaban J connectivity index is 2.90. The molecule has 0 aromatic rings. The molecule has 1 N–H and O–H groups in total. The van der Waals surface area contributed by atoms with Crippen molar-refractivity contribution in [3.63, 3.8) is 0 Å². The number of amides is 2. The summed E-state index contributed by atoms with van der Waals surface area (Å²) >= 11 is 0. The summed E-state index contributed by atoms with van der Waals surface area (Å²) in [6.07, 6.45) is 7.34. The van der Waals surface area contributed by atoms with E-state index in [0.717, 1.165) is 25.1 Å². The van der Waals surface area contributed by atoms with Gasteiger partial charge in [-0.2, -0.15) is 0 Å². The molecule has 0 radical (unpaired) electrons. The zero-order valence-corrected chi connectivity index (χ0v) is 13.7. The van der Waals surface area contributed by atoms with Crippen molar-refractivity contribution in [1.82, 2.24) is 10.2 Å². The van der Waals surface area contributed by atoms with Crippen molar-refractivity contribution >= 4 is 12.3 Å². The molecule has 0 spiro atoms. The second-order valence-corrected chi connectivity index (χ2v) is 6.36. The second-order valence-electron chi connectivity index (χ2n) is 6.36. The number of nitrogens with one attached hydrogen (secondary N) is 1. The van der Waals surface area contributed by atoms with Gasteiger partial charge in [0.15, 0.2) is 0 Å². The molecule has 4 heteroatoms. The highest BCUT2D eigenvalue weighted by atomic mass is 16.2. The van der Waals surface area contributed by atoms with Crippen LogP contribution >= 0.6 is 0 Å². The van der Waals surface area contributed by atoms with Crippen LogP contribution in [0, 0.1) is 11.8 Å². The molecular formula is C17H28N2O2. The van der Waals surface area contributed by atoms with E-state index in [-0.39, 0.29) is 5.91 Å². The molecule has 0 bridgehead atoms. The van der Waals surface area contributed by atoms with Crippen LogP contribution in [0.25, 0.3) is 0 Å². The summed E-state index contributed by atoms with van der Waals surface area (Å²) in [7, 11) is 0. The lowest BCUT2D eigenvalue weighted by Gasteiger charge is -2.27. The molecule has 2 amide bonds. The molecule has 0 aromatic carbocycles. The van der Waals surface area contributed by atoms with Crippen LogP contribution in [0.1, 0.15) is 47.0 Å². The standard InChI is InChI=1S/C17H28N2O2/c1-13(2)9-16(10-18-12-20)17(21)19-8-6-5-7-15(11-19)14(3)4/h9-10,12,14-15H,5-8,11H2,1-4H3,(H,18,20)/b16-10+. The number of hydrogen-bond donors (Lipinski definition) is 1. The van der Waals surface area contributed by atoms with Crippen LogP contribution in [0.3, 0.4) is 0 Å².